The average Bonchev–Trinajstić information content (AvgIpc) is 3.20. The normalized spacial score (nSPS) is 11.5. The molecule has 0 bridgehead atoms. The Morgan fingerprint density at radius 3 is 2.56 bits per heavy atom. The molecule has 12 heteroatoms. The number of halogens is 4. The van der Waals surface area contributed by atoms with Crippen molar-refractivity contribution in [1.82, 2.24) is 14.8 Å². The lowest BCUT2D eigenvalue weighted by molar-refractivity contribution is 0.427. The third-order valence-corrected chi connectivity index (χ3v) is 6.23. The maximum Gasteiger partial charge on any atom is 0.265 e. The number of aryl methyl sites for hydroxylation is 1. The summed E-state index contributed by atoms with van der Waals surface area (Å²) in [5.41, 5.74) is 6.14. The maximum absolute atomic E-state index is 15.5. The number of benzene rings is 2. The van der Waals surface area contributed by atoms with Gasteiger partial charge >= 0.3 is 0 Å². The molecule has 0 atom stereocenters. The van der Waals surface area contributed by atoms with Gasteiger partial charge in [0.05, 0.1) is 12.2 Å². The molecular weight excluding hydrogens is 474 g/mol. The molecule has 0 aliphatic carbocycles. The molecule has 0 unspecified atom stereocenters. The topological polar surface area (TPSA) is 103 Å². The van der Waals surface area contributed by atoms with Crippen molar-refractivity contribution in [3.63, 3.8) is 0 Å². The maximum atomic E-state index is 15.5. The van der Waals surface area contributed by atoms with Crippen molar-refractivity contribution in [1.29, 1.82) is 0 Å². The number of anilines is 2. The van der Waals surface area contributed by atoms with Crippen LogP contribution in [0.2, 0.25) is 0 Å². The van der Waals surface area contributed by atoms with E-state index in [-0.39, 0.29) is 23.6 Å². The van der Waals surface area contributed by atoms with Crippen LogP contribution in [-0.2, 0) is 16.6 Å². The van der Waals surface area contributed by atoms with Gasteiger partial charge in [0, 0.05) is 23.5 Å². The van der Waals surface area contributed by atoms with E-state index in [1.807, 2.05) is 4.72 Å². The summed E-state index contributed by atoms with van der Waals surface area (Å²) in [7, 11) is -4.66. The van der Waals surface area contributed by atoms with Gasteiger partial charge in [-0.2, -0.15) is 5.10 Å². The highest BCUT2D eigenvalue weighted by Crippen LogP contribution is 2.35. The molecule has 176 valence electrons. The smallest absolute Gasteiger partial charge is 0.265 e. The zero-order chi connectivity index (χ0) is 24.5. The van der Waals surface area contributed by atoms with Gasteiger partial charge in [-0.25, -0.2) is 31.0 Å². The molecule has 7 nitrogen and oxygen atoms in total. The van der Waals surface area contributed by atoms with E-state index < -0.39 is 44.7 Å². The Kier molecular flexibility index (Phi) is 6.24. The summed E-state index contributed by atoms with van der Waals surface area (Å²) in [5.74, 6) is -3.00. The number of nitrogens with zero attached hydrogens (tertiary/aromatic N) is 3. The van der Waals surface area contributed by atoms with Gasteiger partial charge < -0.3 is 5.73 Å². The van der Waals surface area contributed by atoms with E-state index in [0.29, 0.717) is 23.3 Å². The third kappa shape index (κ3) is 4.57. The first-order valence-electron chi connectivity index (χ1n) is 9.81. The Hall–Kier alpha value is -3.93. The second-order valence-corrected chi connectivity index (χ2v) is 8.81. The Labute approximate surface area is 191 Å². The van der Waals surface area contributed by atoms with E-state index in [9.17, 15) is 21.6 Å². The largest absolute Gasteiger partial charge is 0.384 e. The quantitative estimate of drug-likeness (QED) is 0.374. The lowest BCUT2D eigenvalue weighted by atomic mass is 10.0. The number of hydrogen-bond acceptors (Lipinski definition) is 5. The Balaban J connectivity index is 1.80. The Morgan fingerprint density at radius 2 is 1.82 bits per heavy atom. The standard InChI is InChI=1S/C22H17F4N5O2S/c23-7-9-31-12-16(13-6-8-28-20(27)10-13)22(29-31)15-2-1-3-18(21(15)26)30-34(32,33)19-11-14(24)4-5-17(19)25/h1-6,8,10-12,30H,7,9H2,(H2,27,28). The number of nitrogens with two attached hydrogens (primary N) is 1. The zero-order valence-electron chi connectivity index (χ0n) is 17.3. The fourth-order valence-electron chi connectivity index (χ4n) is 3.33. The van der Waals surface area contributed by atoms with E-state index >= 15 is 4.39 Å². The molecule has 2 heterocycles. The molecule has 0 amide bonds. The van der Waals surface area contributed by atoms with Crippen molar-refractivity contribution >= 4 is 21.5 Å². The zero-order valence-corrected chi connectivity index (χ0v) is 18.2. The van der Waals surface area contributed by atoms with E-state index in [1.54, 1.807) is 6.07 Å². The highest BCUT2D eigenvalue weighted by Gasteiger charge is 2.24. The van der Waals surface area contributed by atoms with E-state index in [4.69, 9.17) is 5.73 Å². The van der Waals surface area contributed by atoms with Crippen LogP contribution in [0.3, 0.4) is 0 Å². The van der Waals surface area contributed by atoms with Crippen molar-refractivity contribution in [3.05, 3.63) is 78.4 Å². The number of rotatable bonds is 7. The van der Waals surface area contributed by atoms with Crippen molar-refractivity contribution in [2.24, 2.45) is 0 Å². The summed E-state index contributed by atoms with van der Waals surface area (Å²) in [4.78, 5) is 2.93. The molecule has 4 rings (SSSR count). The van der Waals surface area contributed by atoms with Crippen LogP contribution in [0.25, 0.3) is 22.4 Å². The van der Waals surface area contributed by atoms with Crippen LogP contribution in [0.1, 0.15) is 0 Å². The fourth-order valence-corrected chi connectivity index (χ4v) is 4.47. The Morgan fingerprint density at radius 1 is 1.03 bits per heavy atom. The van der Waals surface area contributed by atoms with Crippen molar-refractivity contribution in [2.75, 3.05) is 17.1 Å². The van der Waals surface area contributed by atoms with Gasteiger partial charge in [0.2, 0.25) is 0 Å². The number of sulfonamides is 1. The molecule has 0 aliphatic rings. The van der Waals surface area contributed by atoms with Gasteiger partial charge in [-0.3, -0.25) is 9.40 Å². The first-order valence-corrected chi connectivity index (χ1v) is 11.3. The first-order chi connectivity index (χ1) is 16.2. The predicted molar refractivity (Wildman–Crippen MR) is 118 cm³/mol. The van der Waals surface area contributed by atoms with Crippen LogP contribution >= 0.6 is 0 Å². The van der Waals surface area contributed by atoms with E-state index in [1.165, 1.54) is 35.3 Å². The summed E-state index contributed by atoms with van der Waals surface area (Å²) in [6.07, 6.45) is 2.94. The lowest BCUT2D eigenvalue weighted by Crippen LogP contribution is -2.16. The monoisotopic (exact) mass is 491 g/mol. The molecule has 0 aliphatic heterocycles. The number of nitrogens with one attached hydrogen (secondary N) is 1. The minimum Gasteiger partial charge on any atom is -0.384 e. The minimum atomic E-state index is -4.66. The summed E-state index contributed by atoms with van der Waals surface area (Å²) >= 11 is 0. The van der Waals surface area contributed by atoms with Crippen LogP contribution < -0.4 is 10.5 Å². The second-order valence-electron chi connectivity index (χ2n) is 7.16. The molecule has 0 spiro atoms. The van der Waals surface area contributed by atoms with Gasteiger partial charge in [-0.1, -0.05) is 6.07 Å². The van der Waals surface area contributed by atoms with Crippen molar-refractivity contribution < 1.29 is 26.0 Å². The lowest BCUT2D eigenvalue weighted by Gasteiger charge is -2.12. The average molecular weight is 491 g/mol. The van der Waals surface area contributed by atoms with Crippen LogP contribution in [-0.4, -0.2) is 29.9 Å². The highest BCUT2D eigenvalue weighted by atomic mass is 32.2. The second kappa shape index (κ2) is 9.14. The molecule has 4 aromatic rings. The van der Waals surface area contributed by atoms with Gasteiger partial charge in [-0.15, -0.1) is 0 Å². The highest BCUT2D eigenvalue weighted by molar-refractivity contribution is 7.92. The van der Waals surface area contributed by atoms with Crippen LogP contribution in [0.15, 0.2) is 65.8 Å². The molecule has 0 saturated heterocycles. The number of hydrogen-bond donors (Lipinski definition) is 2. The molecule has 34 heavy (non-hydrogen) atoms. The third-order valence-electron chi connectivity index (χ3n) is 4.85. The van der Waals surface area contributed by atoms with Crippen molar-refractivity contribution in [3.8, 4) is 22.4 Å². The van der Waals surface area contributed by atoms with Crippen molar-refractivity contribution in [2.45, 2.75) is 11.4 Å². The molecular formula is C22H17F4N5O2S. The molecule has 0 saturated carbocycles. The molecule has 0 fully saturated rings. The minimum absolute atomic E-state index is 0.0922. The van der Waals surface area contributed by atoms with Gasteiger partial charge in [0.25, 0.3) is 10.0 Å². The summed E-state index contributed by atoms with van der Waals surface area (Å²) < 4.78 is 84.4. The number of alkyl halides is 1. The predicted octanol–water partition coefficient (Wildman–Crippen LogP) is 4.38. The summed E-state index contributed by atoms with van der Waals surface area (Å²) in [6, 6.07) is 8.87. The number of aromatic nitrogens is 3. The number of nitrogen functional groups attached to an aromatic ring is 1. The molecule has 2 aromatic carbocycles. The summed E-state index contributed by atoms with van der Waals surface area (Å²) in [6.45, 7) is -0.819. The number of pyridine rings is 1. The molecule has 0 radical (unpaired) electrons. The van der Waals surface area contributed by atoms with Gasteiger partial charge in [0.1, 0.15) is 34.7 Å². The Bertz CT molecular complexity index is 1470. The molecule has 2 aromatic heterocycles. The van der Waals surface area contributed by atoms with Crippen LogP contribution in [0, 0.1) is 17.5 Å². The van der Waals surface area contributed by atoms with Crippen LogP contribution in [0.4, 0.5) is 29.1 Å². The fraction of sp³-hybridized carbons (Fsp3) is 0.0909. The molecule has 3 N–H and O–H groups in total. The van der Waals surface area contributed by atoms with Gasteiger partial charge in [-0.05, 0) is 48.0 Å². The van der Waals surface area contributed by atoms with E-state index in [0.717, 1.165) is 12.1 Å². The summed E-state index contributed by atoms with van der Waals surface area (Å²) in [5, 5.41) is 4.25. The van der Waals surface area contributed by atoms with Gasteiger partial charge in [0.15, 0.2) is 5.82 Å². The van der Waals surface area contributed by atoms with Crippen LogP contribution in [0.5, 0.6) is 0 Å². The van der Waals surface area contributed by atoms with E-state index in [2.05, 4.69) is 10.1 Å². The first kappa shape index (κ1) is 23.2. The SMILES string of the molecule is Nc1cc(-c2cn(CCF)nc2-c2cccc(NS(=O)(=O)c3cc(F)ccc3F)c2F)ccn1.